The Morgan fingerprint density at radius 3 is 2.00 bits per heavy atom. The summed E-state index contributed by atoms with van der Waals surface area (Å²) in [5.74, 6) is 0. The van der Waals surface area contributed by atoms with Crippen molar-refractivity contribution >= 4 is 27.1 Å². The van der Waals surface area contributed by atoms with Gasteiger partial charge in [0.05, 0.1) is 22.0 Å². The maximum atomic E-state index is 13.3. The van der Waals surface area contributed by atoms with Gasteiger partial charge >= 0.3 is 0 Å². The molecule has 0 radical (unpaired) electrons. The zero-order chi connectivity index (χ0) is 17.2. The van der Waals surface area contributed by atoms with Gasteiger partial charge in [0, 0.05) is 0 Å². The van der Waals surface area contributed by atoms with E-state index < -0.39 is 10.0 Å². The van der Waals surface area contributed by atoms with Crippen molar-refractivity contribution in [2.45, 2.75) is 11.8 Å². The molecule has 5 heteroatoms. The lowest BCUT2D eigenvalue weighted by Crippen LogP contribution is -2.27. The maximum Gasteiger partial charge on any atom is 0.268 e. The van der Waals surface area contributed by atoms with Gasteiger partial charge in [-0.1, -0.05) is 48.0 Å². The van der Waals surface area contributed by atoms with Crippen LogP contribution in [0.1, 0.15) is 5.56 Å². The van der Waals surface area contributed by atoms with Crippen molar-refractivity contribution in [1.29, 1.82) is 0 Å². The molecule has 0 unspecified atom stereocenters. The lowest BCUT2D eigenvalue weighted by Gasteiger charge is -2.25. The second kappa shape index (κ2) is 6.37. The Bertz CT molecular complexity index is 937. The average Bonchev–Trinajstić information content (AvgIpc) is 2.58. The first-order valence-corrected chi connectivity index (χ1v) is 8.96. The van der Waals surface area contributed by atoms with Crippen LogP contribution in [0.4, 0.5) is 17.1 Å². The van der Waals surface area contributed by atoms with E-state index >= 15 is 0 Å². The highest BCUT2D eigenvalue weighted by molar-refractivity contribution is 7.93. The van der Waals surface area contributed by atoms with Crippen LogP contribution >= 0.6 is 0 Å². The van der Waals surface area contributed by atoms with Crippen LogP contribution < -0.4 is 10.0 Å². The summed E-state index contributed by atoms with van der Waals surface area (Å²) >= 11 is 0. The molecule has 4 nitrogen and oxygen atoms in total. The first-order valence-electron chi connectivity index (χ1n) is 7.52. The van der Waals surface area contributed by atoms with Crippen LogP contribution in [0.25, 0.3) is 0 Å². The highest BCUT2D eigenvalue weighted by Crippen LogP contribution is 2.35. The summed E-state index contributed by atoms with van der Waals surface area (Å²) in [4.78, 5) is 0.222. The molecule has 3 aromatic carbocycles. The Balaban J connectivity index is 2.22. The topological polar surface area (TPSA) is 63.4 Å². The molecule has 2 N–H and O–H groups in total. The molecule has 0 aliphatic rings. The third-order valence-corrected chi connectivity index (χ3v) is 5.46. The van der Waals surface area contributed by atoms with Crippen LogP contribution in [0.3, 0.4) is 0 Å². The summed E-state index contributed by atoms with van der Waals surface area (Å²) in [5.41, 5.74) is 8.42. The largest absolute Gasteiger partial charge is 0.397 e. The van der Waals surface area contributed by atoms with Crippen LogP contribution in [0.2, 0.25) is 0 Å². The van der Waals surface area contributed by atoms with E-state index in [2.05, 4.69) is 0 Å². The minimum atomic E-state index is -3.79. The van der Waals surface area contributed by atoms with Gasteiger partial charge in [0.15, 0.2) is 0 Å². The lowest BCUT2D eigenvalue weighted by molar-refractivity contribution is 0.596. The number of hydrogen-bond donors (Lipinski definition) is 1. The van der Waals surface area contributed by atoms with Gasteiger partial charge in [0.25, 0.3) is 10.0 Å². The molecule has 0 bridgehead atoms. The molecule has 0 atom stereocenters. The number of benzene rings is 3. The molecule has 3 rings (SSSR count). The third-order valence-electron chi connectivity index (χ3n) is 3.71. The van der Waals surface area contributed by atoms with Crippen LogP contribution in [-0.2, 0) is 10.0 Å². The van der Waals surface area contributed by atoms with E-state index in [1.807, 2.05) is 13.0 Å². The fraction of sp³-hybridized carbons (Fsp3) is 0.0526. The molecule has 0 spiro atoms. The number of para-hydroxylation sites is 3. The summed E-state index contributed by atoms with van der Waals surface area (Å²) in [7, 11) is -3.79. The number of aryl methyl sites for hydroxylation is 1. The molecule has 0 saturated carbocycles. The molecule has 0 aromatic heterocycles. The predicted molar refractivity (Wildman–Crippen MR) is 97.8 cm³/mol. The fourth-order valence-corrected chi connectivity index (χ4v) is 3.97. The Labute approximate surface area is 142 Å². The van der Waals surface area contributed by atoms with E-state index in [1.165, 1.54) is 4.31 Å². The van der Waals surface area contributed by atoms with E-state index in [0.717, 1.165) is 5.56 Å². The van der Waals surface area contributed by atoms with Gasteiger partial charge in [0.2, 0.25) is 0 Å². The first-order chi connectivity index (χ1) is 11.5. The minimum Gasteiger partial charge on any atom is -0.397 e. The average molecular weight is 338 g/mol. The van der Waals surface area contributed by atoms with E-state index in [0.29, 0.717) is 17.1 Å². The summed E-state index contributed by atoms with van der Waals surface area (Å²) in [5, 5.41) is 0. The standard InChI is InChI=1S/C19H18N2O2S/c1-15-11-13-17(14-12-15)24(22,23)21(16-7-3-2-4-8-16)19-10-6-5-9-18(19)20/h2-14H,20H2,1H3. The van der Waals surface area contributed by atoms with Gasteiger partial charge in [-0.05, 0) is 43.3 Å². The zero-order valence-electron chi connectivity index (χ0n) is 13.3. The van der Waals surface area contributed by atoms with Gasteiger partial charge in [-0.25, -0.2) is 12.7 Å². The summed E-state index contributed by atoms with van der Waals surface area (Å²) in [6.07, 6.45) is 0. The lowest BCUT2D eigenvalue weighted by atomic mass is 10.2. The van der Waals surface area contributed by atoms with Gasteiger partial charge in [0.1, 0.15) is 0 Å². The number of anilines is 3. The monoisotopic (exact) mass is 338 g/mol. The zero-order valence-corrected chi connectivity index (χ0v) is 14.1. The molecule has 122 valence electrons. The van der Waals surface area contributed by atoms with E-state index in [1.54, 1.807) is 72.8 Å². The summed E-state index contributed by atoms with van der Waals surface area (Å²) in [6, 6.07) is 22.7. The van der Waals surface area contributed by atoms with E-state index in [4.69, 9.17) is 5.73 Å². The number of nitrogens with zero attached hydrogens (tertiary/aromatic N) is 1. The van der Waals surface area contributed by atoms with Crippen LogP contribution in [-0.4, -0.2) is 8.42 Å². The molecule has 0 aliphatic heterocycles. The van der Waals surface area contributed by atoms with Crippen LogP contribution in [0.5, 0.6) is 0 Å². The smallest absolute Gasteiger partial charge is 0.268 e. The number of sulfonamides is 1. The van der Waals surface area contributed by atoms with E-state index in [-0.39, 0.29) is 4.90 Å². The third kappa shape index (κ3) is 2.98. The second-order valence-corrected chi connectivity index (χ2v) is 7.26. The minimum absolute atomic E-state index is 0.222. The Kier molecular flexibility index (Phi) is 4.27. The number of rotatable bonds is 4. The van der Waals surface area contributed by atoms with Crippen molar-refractivity contribution in [3.05, 3.63) is 84.4 Å². The molecular formula is C19H18N2O2S. The molecule has 0 heterocycles. The van der Waals surface area contributed by atoms with Crippen LogP contribution in [0, 0.1) is 6.92 Å². The molecule has 0 amide bonds. The molecule has 0 saturated heterocycles. The predicted octanol–water partition coefficient (Wildman–Crippen LogP) is 4.10. The first kappa shape index (κ1) is 16.1. The molecular weight excluding hydrogens is 320 g/mol. The molecule has 0 aliphatic carbocycles. The maximum absolute atomic E-state index is 13.3. The quantitative estimate of drug-likeness (QED) is 0.728. The van der Waals surface area contributed by atoms with Crippen LogP contribution in [0.15, 0.2) is 83.8 Å². The summed E-state index contributed by atoms with van der Waals surface area (Å²) in [6.45, 7) is 1.92. The van der Waals surface area contributed by atoms with Crippen molar-refractivity contribution in [3.63, 3.8) is 0 Å². The van der Waals surface area contributed by atoms with Crippen molar-refractivity contribution in [2.75, 3.05) is 10.0 Å². The molecule has 0 fully saturated rings. The molecule has 3 aromatic rings. The van der Waals surface area contributed by atoms with E-state index in [9.17, 15) is 8.42 Å². The second-order valence-electron chi connectivity index (χ2n) is 5.48. The van der Waals surface area contributed by atoms with Gasteiger partial charge in [-0.3, -0.25) is 0 Å². The number of nitrogens with two attached hydrogens (primary N) is 1. The van der Waals surface area contributed by atoms with Crippen molar-refractivity contribution < 1.29 is 8.42 Å². The van der Waals surface area contributed by atoms with Crippen molar-refractivity contribution in [2.24, 2.45) is 0 Å². The number of nitrogen functional groups attached to an aromatic ring is 1. The SMILES string of the molecule is Cc1ccc(S(=O)(=O)N(c2ccccc2)c2ccccc2N)cc1. The highest BCUT2D eigenvalue weighted by atomic mass is 32.2. The van der Waals surface area contributed by atoms with Gasteiger partial charge < -0.3 is 5.73 Å². The highest BCUT2D eigenvalue weighted by Gasteiger charge is 2.27. The van der Waals surface area contributed by atoms with Crippen molar-refractivity contribution in [1.82, 2.24) is 0 Å². The Hall–Kier alpha value is -2.79. The normalized spacial score (nSPS) is 11.2. The van der Waals surface area contributed by atoms with Crippen molar-refractivity contribution in [3.8, 4) is 0 Å². The van der Waals surface area contributed by atoms with Gasteiger partial charge in [-0.2, -0.15) is 0 Å². The number of hydrogen-bond acceptors (Lipinski definition) is 3. The van der Waals surface area contributed by atoms with Gasteiger partial charge in [-0.15, -0.1) is 0 Å². The Morgan fingerprint density at radius 2 is 1.38 bits per heavy atom. The fourth-order valence-electron chi connectivity index (χ4n) is 2.46. The Morgan fingerprint density at radius 1 is 0.792 bits per heavy atom. The molecule has 24 heavy (non-hydrogen) atoms. The summed E-state index contributed by atoms with van der Waals surface area (Å²) < 4.78 is 27.8.